The van der Waals surface area contributed by atoms with E-state index in [4.69, 9.17) is 23.5 Å². The molecule has 18 rings (SSSR count). The molecule has 516 valence electrons. The summed E-state index contributed by atoms with van der Waals surface area (Å²) in [6.07, 6.45) is 9.81. The van der Waals surface area contributed by atoms with Gasteiger partial charge in [0.25, 0.3) is 0 Å². The van der Waals surface area contributed by atoms with Crippen molar-refractivity contribution in [3.63, 3.8) is 0 Å². The third-order valence-electron chi connectivity index (χ3n) is 17.5. The van der Waals surface area contributed by atoms with Gasteiger partial charge in [0.2, 0.25) is 23.5 Å². The summed E-state index contributed by atoms with van der Waals surface area (Å²) in [5.74, 6) is 7.71. The Labute approximate surface area is 587 Å². The summed E-state index contributed by atoms with van der Waals surface area (Å²) in [6, 6.07) is 42.2. The fourth-order valence-electron chi connectivity index (χ4n) is 12.2. The second-order valence-electron chi connectivity index (χ2n) is 26.2. The molecular formula is C76H77N21O5. The van der Waals surface area contributed by atoms with Crippen LogP contribution in [0.25, 0.3) is 43.6 Å². The lowest BCUT2D eigenvalue weighted by Crippen LogP contribution is -2.13. The molecule has 0 unspecified atom stereocenters. The van der Waals surface area contributed by atoms with Crippen LogP contribution in [-0.2, 0) is 61.0 Å². The van der Waals surface area contributed by atoms with Crippen LogP contribution in [0.5, 0.6) is 23.5 Å². The highest BCUT2D eigenvalue weighted by Crippen LogP contribution is 2.35. The van der Waals surface area contributed by atoms with Crippen molar-refractivity contribution in [2.75, 3.05) is 34.5 Å². The fraction of sp³-hybridized carbons (Fsp3) is 0.276. The summed E-state index contributed by atoms with van der Waals surface area (Å²) in [6.45, 7) is 14.5. The Hall–Kier alpha value is -12.4. The first-order chi connectivity index (χ1) is 49.7. The number of aryl methyl sites for hydroxylation is 5. The Bertz CT molecular complexity index is 5270. The van der Waals surface area contributed by atoms with E-state index in [-0.39, 0.29) is 12.7 Å². The first-order valence-electron chi connectivity index (χ1n) is 34.1. The highest BCUT2D eigenvalue weighted by molar-refractivity contribution is 6.12. The molecule has 102 heavy (non-hydrogen) atoms. The molecule has 13 aromatic rings. The van der Waals surface area contributed by atoms with Gasteiger partial charge in [0.05, 0.1) is 94.8 Å². The lowest BCUT2D eigenvalue weighted by Gasteiger charge is -2.08. The fourth-order valence-corrected chi connectivity index (χ4v) is 12.2. The summed E-state index contributed by atoms with van der Waals surface area (Å²) in [4.78, 5) is 35.9. The molecule has 1 saturated carbocycles. The number of aliphatic imine (C=N–C) groups is 4. The van der Waals surface area contributed by atoms with Crippen LogP contribution in [0.1, 0.15) is 97.0 Å². The van der Waals surface area contributed by atoms with E-state index < -0.39 is 0 Å². The van der Waals surface area contributed by atoms with E-state index in [0.717, 1.165) is 153 Å². The van der Waals surface area contributed by atoms with Gasteiger partial charge in [-0.15, -0.1) is 20.4 Å². The number of ether oxygens (including phenoxy) is 4. The van der Waals surface area contributed by atoms with Crippen LogP contribution in [-0.4, -0.2) is 107 Å². The Kier molecular flexibility index (Phi) is 18.3. The van der Waals surface area contributed by atoms with Crippen molar-refractivity contribution in [2.24, 2.45) is 60.0 Å². The number of fused-ring (bicyclic) bond motifs is 8. The third kappa shape index (κ3) is 14.3. The zero-order valence-corrected chi connectivity index (χ0v) is 58.2. The van der Waals surface area contributed by atoms with E-state index in [1.807, 2.05) is 148 Å². The number of nitrogens with zero attached hydrogens (tertiary/aromatic N) is 17. The van der Waals surface area contributed by atoms with E-state index in [1.165, 1.54) is 12.8 Å². The van der Waals surface area contributed by atoms with E-state index in [9.17, 15) is 0 Å². The largest absolute Gasteiger partial charge is 0.476 e. The maximum Gasteiger partial charge on any atom is 0.241 e. The van der Waals surface area contributed by atoms with Gasteiger partial charge in [0, 0.05) is 104 Å². The molecule has 26 nitrogen and oxygen atoms in total. The van der Waals surface area contributed by atoms with Gasteiger partial charge in [0.1, 0.15) is 22.8 Å². The number of pyridine rings is 4. The van der Waals surface area contributed by atoms with Gasteiger partial charge >= 0.3 is 0 Å². The van der Waals surface area contributed by atoms with Gasteiger partial charge < -0.3 is 44.7 Å². The average Bonchev–Trinajstić information content (AvgIpc) is 1.65. The molecule has 13 heterocycles. The van der Waals surface area contributed by atoms with Crippen LogP contribution >= 0.6 is 0 Å². The zero-order valence-electron chi connectivity index (χ0n) is 58.2. The topological polar surface area (TPSA) is 283 Å². The third-order valence-corrected chi connectivity index (χ3v) is 17.5. The van der Waals surface area contributed by atoms with Crippen LogP contribution in [0.2, 0.25) is 0 Å². The van der Waals surface area contributed by atoms with E-state index in [1.54, 1.807) is 29.5 Å². The van der Waals surface area contributed by atoms with Crippen molar-refractivity contribution in [2.45, 2.75) is 86.4 Å². The molecule has 0 amide bonds. The number of nitrogens with one attached hydrogen (secondary N) is 4. The van der Waals surface area contributed by atoms with Gasteiger partial charge in [-0.25, -0.2) is 0 Å². The van der Waals surface area contributed by atoms with Crippen molar-refractivity contribution in [1.29, 1.82) is 0 Å². The van der Waals surface area contributed by atoms with Gasteiger partial charge in [-0.1, -0.05) is 43.3 Å². The molecule has 0 radical (unpaired) electrons. The van der Waals surface area contributed by atoms with Crippen LogP contribution < -0.4 is 40.2 Å². The van der Waals surface area contributed by atoms with Crippen molar-refractivity contribution in [3.05, 3.63) is 209 Å². The molecule has 0 saturated heterocycles. The molecule has 0 spiro atoms. The lowest BCUT2D eigenvalue weighted by atomic mass is 10.2. The van der Waals surface area contributed by atoms with Crippen molar-refractivity contribution in [1.82, 2.24) is 64.2 Å². The van der Waals surface area contributed by atoms with Gasteiger partial charge in [-0.3, -0.25) is 58.6 Å². The molecular weight excluding hydrogens is 1290 g/mol. The van der Waals surface area contributed by atoms with Gasteiger partial charge in [0.15, 0.2) is 35.7 Å². The molecule has 4 aromatic carbocycles. The minimum absolute atomic E-state index is 0.0938. The number of hydrogen-bond acceptors (Lipinski definition) is 22. The SMILES string of the molecule is CC(C)COc1nn(C)c2cc(NC3=NCc4cccnc43)ccc12.CC(C)Oc1nn(C)c2cc(NC3=NCc4cccnc43)ccc12.Cc1cc(COc2nn(C)c3cc(NC4=NCc5cccnc54)ccc23)on1.Cn1nc(OCC2CC2)c2ccc(NC3=NCc4cccnc43)cc21. The summed E-state index contributed by atoms with van der Waals surface area (Å²) in [5, 5.41) is 39.3. The molecule has 1 aliphatic carbocycles. The lowest BCUT2D eigenvalue weighted by molar-refractivity contribution is 0.233. The van der Waals surface area contributed by atoms with Crippen molar-refractivity contribution in [3.8, 4) is 23.5 Å². The Morgan fingerprint density at radius 2 is 0.794 bits per heavy atom. The quantitative estimate of drug-likeness (QED) is 0.0742. The number of aromatic nitrogens is 13. The maximum absolute atomic E-state index is 5.90. The number of anilines is 4. The Morgan fingerprint density at radius 3 is 1.14 bits per heavy atom. The molecule has 26 heteroatoms. The smallest absolute Gasteiger partial charge is 0.241 e. The Balaban J connectivity index is 0.000000110. The molecule has 0 atom stereocenters. The van der Waals surface area contributed by atoms with E-state index >= 15 is 0 Å². The second-order valence-corrected chi connectivity index (χ2v) is 26.2. The summed E-state index contributed by atoms with van der Waals surface area (Å²) in [5.41, 5.74) is 16.9. The molecule has 4 aliphatic heterocycles. The van der Waals surface area contributed by atoms with E-state index in [0.29, 0.717) is 68.0 Å². The van der Waals surface area contributed by atoms with Crippen molar-refractivity contribution >= 4 is 89.7 Å². The average molecular weight is 1360 g/mol. The highest BCUT2D eigenvalue weighted by Gasteiger charge is 2.26. The molecule has 4 N–H and O–H groups in total. The van der Waals surface area contributed by atoms with Gasteiger partial charge in [-0.2, -0.15) is 0 Å². The van der Waals surface area contributed by atoms with Crippen LogP contribution in [0.3, 0.4) is 0 Å². The predicted octanol–water partition coefficient (Wildman–Crippen LogP) is 12.8. The maximum atomic E-state index is 5.90. The first kappa shape index (κ1) is 65.6. The number of rotatable bonds is 15. The number of hydrogen-bond donors (Lipinski definition) is 4. The number of amidine groups is 4. The standard InChI is InChI=1S/C20H18N6O2.C19H19N5O.C19H21N5O.C18H19N5O/c1-12-8-15(28-25-12)11-27-20-16-6-5-14(9-17(16)26(2)24-20)23-19-18-13(10-22-19)4-3-7-21-18;1-24-16-9-14(22-18-17-13(10-21-18)3-2-8-20-17)6-7-15(16)19(23-24)25-11-12-4-5-12;1-12(2)11-25-19-15-7-6-14(9-16(15)24(3)23-19)22-18-17-13(10-21-18)5-4-8-20-17;1-11(2)24-18-14-7-6-13(9-15(14)23(3)22-18)21-17-16-12(10-20-17)5-4-8-19-16/h3-9H,10-11H2,1-2H3,(H,22,23);2-3,6-9,12H,4-5,10-11H2,1H3,(H,21,22);4-9,12H,10-11H2,1-3H3,(H,21,22);4-9,11H,10H2,1-3H3,(H,20,21). The van der Waals surface area contributed by atoms with E-state index in [2.05, 4.69) is 143 Å². The minimum Gasteiger partial charge on any atom is -0.476 e. The van der Waals surface area contributed by atoms with Gasteiger partial charge in [-0.05, 0) is 143 Å². The van der Waals surface area contributed by atoms with Crippen LogP contribution in [0, 0.1) is 18.8 Å². The summed E-state index contributed by atoms with van der Waals surface area (Å²) < 4.78 is 35.9. The molecule has 0 bridgehead atoms. The van der Waals surface area contributed by atoms with Crippen LogP contribution in [0.15, 0.2) is 177 Å². The summed E-state index contributed by atoms with van der Waals surface area (Å²) >= 11 is 0. The normalized spacial score (nSPS) is 13.8. The second kappa shape index (κ2) is 28.5. The minimum atomic E-state index is 0.0938. The monoisotopic (exact) mass is 1360 g/mol. The Morgan fingerprint density at radius 1 is 0.441 bits per heavy atom. The first-order valence-corrected chi connectivity index (χ1v) is 34.1. The predicted molar refractivity (Wildman–Crippen MR) is 395 cm³/mol. The molecule has 1 fully saturated rings. The molecule has 5 aliphatic rings. The van der Waals surface area contributed by atoms with Crippen LogP contribution in [0.4, 0.5) is 22.7 Å². The number of benzene rings is 4. The summed E-state index contributed by atoms with van der Waals surface area (Å²) in [7, 11) is 7.68. The molecule has 9 aromatic heterocycles. The zero-order chi connectivity index (χ0) is 70.0. The highest BCUT2D eigenvalue weighted by atomic mass is 16.5. The van der Waals surface area contributed by atoms with Crippen molar-refractivity contribution < 1.29 is 23.5 Å².